The topological polar surface area (TPSA) is 20.2 Å². The summed E-state index contributed by atoms with van der Waals surface area (Å²) in [5.74, 6) is 4.84. The molecular formula is C40H72O. The van der Waals surface area contributed by atoms with Gasteiger partial charge in [-0.15, -0.1) is 0 Å². The Bertz CT molecular complexity index is 842. The summed E-state index contributed by atoms with van der Waals surface area (Å²) in [6, 6.07) is 17.8. The molecule has 3 rings (SSSR count). The largest absolute Gasteiger partial charge is 0.396 e. The lowest BCUT2D eigenvalue weighted by Crippen LogP contribution is -2.11. The molecule has 2 aromatic rings. The molecule has 1 fully saturated rings. The maximum absolute atomic E-state index is 8.14. The zero-order chi connectivity index (χ0) is 32.2. The summed E-state index contributed by atoms with van der Waals surface area (Å²) in [4.78, 5) is 0. The summed E-state index contributed by atoms with van der Waals surface area (Å²) in [6.07, 6.45) is 6.88. The maximum Gasteiger partial charge on any atom is 0.0453 e. The predicted octanol–water partition coefficient (Wildman–Crippen LogP) is 12.1. The zero-order valence-electron chi connectivity index (χ0n) is 30.3. The summed E-state index contributed by atoms with van der Waals surface area (Å²) < 4.78 is 0. The lowest BCUT2D eigenvalue weighted by atomic mass is 9.85. The normalized spacial score (nSPS) is 12.6. The van der Waals surface area contributed by atoms with Gasteiger partial charge in [0.25, 0.3) is 0 Å². The van der Waals surface area contributed by atoms with Crippen LogP contribution < -0.4 is 0 Å². The van der Waals surface area contributed by atoms with Crippen molar-refractivity contribution in [2.75, 3.05) is 6.61 Å². The van der Waals surface area contributed by atoms with E-state index in [9.17, 15) is 0 Å². The van der Waals surface area contributed by atoms with Gasteiger partial charge in [0.05, 0.1) is 0 Å². The summed E-state index contributed by atoms with van der Waals surface area (Å²) in [5.41, 5.74) is 5.97. The number of aliphatic hydroxyl groups is 1. The predicted molar refractivity (Wildman–Crippen MR) is 188 cm³/mol. The standard InChI is InChI=1S/C14H22.C11H16.C7H14.C4H10O.C4H10/c1-11(2)9-12-7-6-8-13(10-12)14(3,4)5;1-9(2)8-11-6-4-10(3)5-7-11;1-6(2)5-7-3-4-7;1-4(2)3-5;1-4(2)3/h6-8,10-11H,9H2,1-5H3;4-7,9H,8H2,1-3H3;6-7H,3-5H2,1-2H3;4-5H,3H2,1-2H3;4H,1-3H3. The Morgan fingerprint density at radius 2 is 1.10 bits per heavy atom. The molecular weight excluding hydrogens is 496 g/mol. The van der Waals surface area contributed by atoms with Gasteiger partial charge < -0.3 is 5.11 Å². The molecule has 1 N–H and O–H groups in total. The van der Waals surface area contributed by atoms with Crippen LogP contribution in [0.1, 0.15) is 138 Å². The van der Waals surface area contributed by atoms with Crippen molar-refractivity contribution in [1.82, 2.24) is 0 Å². The molecule has 0 saturated heterocycles. The zero-order valence-corrected chi connectivity index (χ0v) is 30.3. The van der Waals surface area contributed by atoms with E-state index in [2.05, 4.69) is 139 Å². The van der Waals surface area contributed by atoms with Crippen LogP contribution in [0.2, 0.25) is 0 Å². The van der Waals surface area contributed by atoms with Crippen molar-refractivity contribution in [3.63, 3.8) is 0 Å². The van der Waals surface area contributed by atoms with E-state index in [4.69, 9.17) is 5.11 Å². The maximum atomic E-state index is 8.14. The van der Waals surface area contributed by atoms with E-state index in [1.165, 1.54) is 54.4 Å². The minimum Gasteiger partial charge on any atom is -0.396 e. The second kappa shape index (κ2) is 22.9. The number of rotatable bonds is 7. The fraction of sp³-hybridized carbons (Fsp3) is 0.700. The molecule has 1 saturated carbocycles. The van der Waals surface area contributed by atoms with E-state index in [1.807, 2.05) is 13.8 Å². The molecule has 0 aromatic heterocycles. The molecule has 1 aliphatic carbocycles. The molecule has 1 nitrogen and oxygen atoms in total. The van der Waals surface area contributed by atoms with Crippen LogP contribution in [0.15, 0.2) is 48.5 Å². The van der Waals surface area contributed by atoms with Gasteiger partial charge in [-0.1, -0.05) is 164 Å². The molecule has 238 valence electrons. The number of aryl methyl sites for hydroxylation is 1. The van der Waals surface area contributed by atoms with Crippen molar-refractivity contribution >= 4 is 0 Å². The average Bonchev–Trinajstić information content (AvgIpc) is 3.64. The molecule has 2 aromatic carbocycles. The smallest absolute Gasteiger partial charge is 0.0453 e. The molecule has 0 atom stereocenters. The quantitative estimate of drug-likeness (QED) is 0.352. The van der Waals surface area contributed by atoms with Crippen molar-refractivity contribution in [2.24, 2.45) is 35.5 Å². The van der Waals surface area contributed by atoms with E-state index < -0.39 is 0 Å². The molecule has 0 heterocycles. The summed E-state index contributed by atoms with van der Waals surface area (Å²) in [6.45, 7) is 33.3. The first kappa shape index (κ1) is 41.5. The summed E-state index contributed by atoms with van der Waals surface area (Å²) in [7, 11) is 0. The number of hydrogen-bond acceptors (Lipinski definition) is 1. The highest BCUT2D eigenvalue weighted by molar-refractivity contribution is 5.28. The average molecular weight is 569 g/mol. The van der Waals surface area contributed by atoms with Crippen molar-refractivity contribution in [3.8, 4) is 0 Å². The highest BCUT2D eigenvalue weighted by Crippen LogP contribution is 2.34. The van der Waals surface area contributed by atoms with Gasteiger partial charge in [0, 0.05) is 6.61 Å². The van der Waals surface area contributed by atoms with E-state index >= 15 is 0 Å². The molecule has 41 heavy (non-hydrogen) atoms. The molecule has 1 heteroatoms. The lowest BCUT2D eigenvalue weighted by Gasteiger charge is -2.20. The van der Waals surface area contributed by atoms with Crippen LogP contribution in [0.5, 0.6) is 0 Å². The molecule has 1 aliphatic rings. The Hall–Kier alpha value is -1.60. The van der Waals surface area contributed by atoms with E-state index in [0.29, 0.717) is 12.5 Å². The van der Waals surface area contributed by atoms with Gasteiger partial charge in [-0.05, 0) is 83.8 Å². The lowest BCUT2D eigenvalue weighted by molar-refractivity contribution is 0.248. The molecule has 0 amide bonds. The van der Waals surface area contributed by atoms with Crippen LogP contribution in [-0.2, 0) is 18.3 Å². The molecule has 0 unspecified atom stereocenters. The van der Waals surface area contributed by atoms with Gasteiger partial charge in [0.15, 0.2) is 0 Å². The van der Waals surface area contributed by atoms with Gasteiger partial charge in [-0.3, -0.25) is 0 Å². The Balaban J connectivity index is 0. The van der Waals surface area contributed by atoms with Crippen LogP contribution in [0, 0.1) is 42.4 Å². The van der Waals surface area contributed by atoms with Crippen LogP contribution in [0.3, 0.4) is 0 Å². The third-order valence-corrected chi connectivity index (χ3v) is 6.07. The van der Waals surface area contributed by atoms with Crippen LogP contribution >= 0.6 is 0 Å². The second-order valence-corrected chi connectivity index (χ2v) is 15.5. The Labute approximate surface area is 259 Å². The van der Waals surface area contributed by atoms with Crippen LogP contribution in [-0.4, -0.2) is 11.7 Å². The highest BCUT2D eigenvalue weighted by atomic mass is 16.3. The van der Waals surface area contributed by atoms with E-state index in [-0.39, 0.29) is 5.41 Å². The number of hydrogen-bond donors (Lipinski definition) is 1. The molecule has 0 bridgehead atoms. The minimum absolute atomic E-state index is 0.271. The van der Waals surface area contributed by atoms with Crippen molar-refractivity contribution < 1.29 is 5.11 Å². The minimum atomic E-state index is 0.271. The Morgan fingerprint density at radius 1 is 0.659 bits per heavy atom. The molecule has 0 spiro atoms. The van der Waals surface area contributed by atoms with Gasteiger partial charge in [0.1, 0.15) is 0 Å². The number of benzene rings is 2. The fourth-order valence-corrected chi connectivity index (χ4v) is 3.85. The van der Waals surface area contributed by atoms with Crippen molar-refractivity contribution in [1.29, 1.82) is 0 Å². The van der Waals surface area contributed by atoms with E-state index in [1.54, 1.807) is 0 Å². The van der Waals surface area contributed by atoms with Crippen molar-refractivity contribution in [2.45, 2.75) is 141 Å². The highest BCUT2D eigenvalue weighted by Gasteiger charge is 2.21. The number of aliphatic hydroxyl groups excluding tert-OH is 1. The van der Waals surface area contributed by atoms with Crippen LogP contribution in [0.4, 0.5) is 0 Å². The van der Waals surface area contributed by atoms with Crippen LogP contribution in [0.25, 0.3) is 0 Å². The molecule has 0 aliphatic heterocycles. The van der Waals surface area contributed by atoms with E-state index in [0.717, 1.165) is 29.6 Å². The molecule has 0 radical (unpaired) electrons. The monoisotopic (exact) mass is 569 g/mol. The first-order chi connectivity index (χ1) is 18.9. The third kappa shape index (κ3) is 29.7. The fourth-order valence-electron chi connectivity index (χ4n) is 3.85. The van der Waals surface area contributed by atoms with Gasteiger partial charge in [0.2, 0.25) is 0 Å². The SMILES string of the molecule is CC(C)C.CC(C)CC1CC1.CC(C)CO.CC(C)Cc1cccc(C(C)(C)C)c1.Cc1ccc(CC(C)C)cc1. The van der Waals surface area contributed by atoms with Gasteiger partial charge >= 0.3 is 0 Å². The van der Waals surface area contributed by atoms with Gasteiger partial charge in [-0.2, -0.15) is 0 Å². The van der Waals surface area contributed by atoms with Gasteiger partial charge in [-0.25, -0.2) is 0 Å². The first-order valence-corrected chi connectivity index (χ1v) is 16.6. The Morgan fingerprint density at radius 3 is 1.41 bits per heavy atom. The first-order valence-electron chi connectivity index (χ1n) is 16.6. The van der Waals surface area contributed by atoms with Crippen molar-refractivity contribution in [3.05, 3.63) is 70.8 Å². The summed E-state index contributed by atoms with van der Waals surface area (Å²) >= 11 is 0. The summed E-state index contributed by atoms with van der Waals surface area (Å²) in [5, 5.41) is 8.14. The third-order valence-electron chi connectivity index (χ3n) is 6.07. The Kier molecular flexibility index (Phi) is 23.2. The second-order valence-electron chi connectivity index (χ2n) is 15.5.